The third kappa shape index (κ3) is 3.61. The molecule has 3 atom stereocenters. The Labute approximate surface area is 178 Å². The topological polar surface area (TPSA) is 101 Å². The second kappa shape index (κ2) is 8.14. The van der Waals surface area contributed by atoms with E-state index in [0.717, 1.165) is 10.0 Å². The summed E-state index contributed by atoms with van der Waals surface area (Å²) in [5.74, 6) is -2.89. The van der Waals surface area contributed by atoms with Gasteiger partial charge in [0, 0.05) is 6.07 Å². The minimum Gasteiger partial charge on any atom is -0.272 e. The van der Waals surface area contributed by atoms with Crippen molar-refractivity contribution in [3.05, 3.63) is 88.0 Å². The maximum atomic E-state index is 13.5. The number of benzene rings is 2. The lowest BCUT2D eigenvalue weighted by Crippen LogP contribution is -2.50. The van der Waals surface area contributed by atoms with Crippen LogP contribution in [-0.4, -0.2) is 32.7 Å². The van der Waals surface area contributed by atoms with Crippen molar-refractivity contribution in [1.29, 1.82) is 0 Å². The van der Waals surface area contributed by atoms with Gasteiger partial charge in [0.15, 0.2) is 0 Å². The maximum Gasteiger partial charge on any atom is 0.282 e. The van der Waals surface area contributed by atoms with Gasteiger partial charge in [-0.3, -0.25) is 24.5 Å². The first-order valence-corrected chi connectivity index (χ1v) is 10.0. The molecule has 8 nitrogen and oxygen atoms in total. The zero-order valence-electron chi connectivity index (χ0n) is 16.9. The highest BCUT2D eigenvalue weighted by Crippen LogP contribution is 2.39. The molecule has 158 valence electrons. The Balaban J connectivity index is 1.77. The molecule has 2 aromatic rings. The third-order valence-corrected chi connectivity index (χ3v) is 5.83. The highest BCUT2D eigenvalue weighted by atomic mass is 16.6. The van der Waals surface area contributed by atoms with Crippen LogP contribution < -0.4 is 0 Å². The Morgan fingerprint density at radius 1 is 1.10 bits per heavy atom. The molecule has 0 aromatic heterocycles. The van der Waals surface area contributed by atoms with Crippen LogP contribution >= 0.6 is 0 Å². The average molecular weight is 419 g/mol. The highest BCUT2D eigenvalue weighted by molar-refractivity contribution is 6.08. The van der Waals surface area contributed by atoms with Crippen molar-refractivity contribution in [2.24, 2.45) is 17.8 Å². The van der Waals surface area contributed by atoms with Crippen LogP contribution in [0.3, 0.4) is 0 Å². The lowest BCUT2D eigenvalue weighted by Gasteiger charge is -2.30. The van der Waals surface area contributed by atoms with Gasteiger partial charge in [-0.05, 0) is 24.0 Å². The Bertz CT molecular complexity index is 1080. The average Bonchev–Trinajstić information content (AvgIpc) is 3.03. The number of fused-ring (bicyclic) bond motifs is 1. The molecule has 31 heavy (non-hydrogen) atoms. The second-order valence-electron chi connectivity index (χ2n) is 7.77. The van der Waals surface area contributed by atoms with Gasteiger partial charge in [0.2, 0.25) is 0 Å². The van der Waals surface area contributed by atoms with Gasteiger partial charge in [-0.15, -0.1) is 0 Å². The zero-order valence-corrected chi connectivity index (χ0v) is 16.9. The predicted octanol–water partition coefficient (Wildman–Crippen LogP) is 3.35. The lowest BCUT2D eigenvalue weighted by molar-refractivity contribution is -0.385. The minimum absolute atomic E-state index is 0.0650. The van der Waals surface area contributed by atoms with E-state index in [1.54, 1.807) is 24.3 Å². The zero-order chi connectivity index (χ0) is 22.1. The molecule has 1 fully saturated rings. The number of hydrogen-bond acceptors (Lipinski definition) is 5. The summed E-state index contributed by atoms with van der Waals surface area (Å²) in [5.41, 5.74) is 0.137. The fourth-order valence-electron chi connectivity index (χ4n) is 4.31. The van der Waals surface area contributed by atoms with Gasteiger partial charge in [0.25, 0.3) is 23.4 Å². The number of nitrogens with zero attached hydrogens (tertiary/aromatic N) is 3. The number of allylic oxidation sites excluding steroid dienone is 2. The number of imide groups is 1. The molecule has 1 aliphatic heterocycles. The van der Waals surface area contributed by atoms with E-state index < -0.39 is 34.5 Å². The van der Waals surface area contributed by atoms with E-state index in [2.05, 4.69) is 0 Å². The van der Waals surface area contributed by atoms with Gasteiger partial charge < -0.3 is 0 Å². The smallest absolute Gasteiger partial charge is 0.272 e. The summed E-state index contributed by atoms with van der Waals surface area (Å²) >= 11 is 0. The molecule has 8 heteroatoms. The predicted molar refractivity (Wildman–Crippen MR) is 111 cm³/mol. The molecule has 0 saturated carbocycles. The summed E-state index contributed by atoms with van der Waals surface area (Å²) in [7, 11) is 0. The Morgan fingerprint density at radius 2 is 1.77 bits per heavy atom. The summed E-state index contributed by atoms with van der Waals surface area (Å²) in [4.78, 5) is 50.9. The molecule has 1 saturated heterocycles. The summed E-state index contributed by atoms with van der Waals surface area (Å²) < 4.78 is 0. The normalized spacial score (nSPS) is 22.4. The quantitative estimate of drug-likeness (QED) is 0.320. The molecule has 0 unspecified atom stereocenters. The second-order valence-corrected chi connectivity index (χ2v) is 7.77. The van der Waals surface area contributed by atoms with Crippen LogP contribution in [0.15, 0.2) is 66.7 Å². The molecular weight excluding hydrogens is 398 g/mol. The molecule has 1 heterocycles. The first-order valence-electron chi connectivity index (χ1n) is 10.0. The van der Waals surface area contributed by atoms with Gasteiger partial charge >= 0.3 is 0 Å². The molecule has 0 N–H and O–H groups in total. The number of carbonyl (C=O) groups is 3. The van der Waals surface area contributed by atoms with Crippen molar-refractivity contribution in [3.8, 4) is 0 Å². The van der Waals surface area contributed by atoms with Crippen molar-refractivity contribution < 1.29 is 19.3 Å². The van der Waals surface area contributed by atoms with Crippen LogP contribution in [0, 0.1) is 27.9 Å². The van der Waals surface area contributed by atoms with E-state index in [1.165, 1.54) is 24.3 Å². The van der Waals surface area contributed by atoms with Gasteiger partial charge in [-0.1, -0.05) is 61.5 Å². The SMILES string of the molecule is C[C@@H]1C=CC[C@@H]2C(=O)N(N(Cc3ccccc3)C(=O)c3ccccc3[N+](=O)[O-])C(=O)[C@@H]12. The van der Waals surface area contributed by atoms with Crippen molar-refractivity contribution >= 4 is 23.4 Å². The van der Waals surface area contributed by atoms with E-state index >= 15 is 0 Å². The molecule has 3 amide bonds. The van der Waals surface area contributed by atoms with Gasteiger partial charge in [0.1, 0.15) is 5.56 Å². The molecule has 0 bridgehead atoms. The van der Waals surface area contributed by atoms with Crippen LogP contribution in [0.2, 0.25) is 0 Å². The van der Waals surface area contributed by atoms with Crippen LogP contribution in [0.25, 0.3) is 0 Å². The number of carbonyl (C=O) groups excluding carboxylic acids is 3. The number of nitro benzene ring substituents is 1. The molecule has 0 spiro atoms. The van der Waals surface area contributed by atoms with Crippen molar-refractivity contribution in [3.63, 3.8) is 0 Å². The summed E-state index contributed by atoms with van der Waals surface area (Å²) in [6.45, 7) is 1.80. The summed E-state index contributed by atoms with van der Waals surface area (Å²) in [6.07, 6.45) is 4.21. The maximum absolute atomic E-state index is 13.5. The summed E-state index contributed by atoms with van der Waals surface area (Å²) in [6, 6.07) is 14.4. The number of rotatable bonds is 5. The van der Waals surface area contributed by atoms with Crippen LogP contribution in [0.4, 0.5) is 5.69 Å². The largest absolute Gasteiger partial charge is 0.282 e. The minimum atomic E-state index is -0.767. The van der Waals surface area contributed by atoms with E-state index in [4.69, 9.17) is 0 Å². The van der Waals surface area contributed by atoms with Crippen molar-refractivity contribution in [2.75, 3.05) is 0 Å². The first-order chi connectivity index (χ1) is 14.9. The Morgan fingerprint density at radius 3 is 2.45 bits per heavy atom. The number of para-hydroxylation sites is 1. The molecule has 4 rings (SSSR count). The van der Waals surface area contributed by atoms with Gasteiger partial charge in [0.05, 0.1) is 23.3 Å². The van der Waals surface area contributed by atoms with Gasteiger partial charge in [-0.25, -0.2) is 5.01 Å². The van der Waals surface area contributed by atoms with Crippen LogP contribution in [0.5, 0.6) is 0 Å². The Hall–Kier alpha value is -3.81. The molecule has 2 aliphatic rings. The van der Waals surface area contributed by atoms with Gasteiger partial charge in [-0.2, -0.15) is 5.01 Å². The molecule has 2 aromatic carbocycles. The van der Waals surface area contributed by atoms with Crippen molar-refractivity contribution in [2.45, 2.75) is 19.9 Å². The third-order valence-electron chi connectivity index (χ3n) is 5.83. The number of amides is 3. The first kappa shape index (κ1) is 20.5. The van der Waals surface area contributed by atoms with Crippen LogP contribution in [-0.2, 0) is 16.1 Å². The number of hydrogen-bond donors (Lipinski definition) is 0. The lowest BCUT2D eigenvalue weighted by atomic mass is 9.78. The fourth-order valence-corrected chi connectivity index (χ4v) is 4.31. The number of hydrazine groups is 1. The van der Waals surface area contributed by atoms with Crippen LogP contribution in [0.1, 0.15) is 29.3 Å². The van der Waals surface area contributed by atoms with E-state index in [1.807, 2.05) is 25.1 Å². The van der Waals surface area contributed by atoms with E-state index in [-0.39, 0.29) is 23.7 Å². The monoisotopic (exact) mass is 419 g/mol. The number of nitro groups is 1. The Kier molecular flexibility index (Phi) is 5.37. The fraction of sp³-hybridized carbons (Fsp3) is 0.261. The van der Waals surface area contributed by atoms with Crippen molar-refractivity contribution in [1.82, 2.24) is 10.0 Å². The van der Waals surface area contributed by atoms with E-state index in [9.17, 15) is 24.5 Å². The molecule has 1 aliphatic carbocycles. The molecular formula is C23H21N3O5. The molecule has 0 radical (unpaired) electrons. The summed E-state index contributed by atoms with van der Waals surface area (Å²) in [5, 5.41) is 13.4. The highest BCUT2D eigenvalue weighted by Gasteiger charge is 2.53. The van der Waals surface area contributed by atoms with E-state index in [0.29, 0.717) is 12.0 Å². The standard InChI is InChI=1S/C23H21N3O5/c1-15-8-7-12-18-20(15)23(29)25(22(18)28)24(14-16-9-3-2-4-10-16)21(27)17-11-5-6-13-19(17)26(30)31/h2-11,13,15,18,20H,12,14H2,1H3/t15-,18+,20+/m1/s1.